The van der Waals surface area contributed by atoms with Crippen LogP contribution in [0.1, 0.15) is 11.3 Å². The van der Waals surface area contributed by atoms with E-state index in [0.29, 0.717) is 16.9 Å². The summed E-state index contributed by atoms with van der Waals surface area (Å²) in [5.74, 6) is 0.186. The molecular formula is C17H13N5O4S. The first kappa shape index (κ1) is 18.1. The molecule has 2 aromatic carbocycles. The molecule has 1 N–H and O–H groups in total. The Morgan fingerprint density at radius 1 is 1.15 bits per heavy atom. The molecule has 3 aromatic rings. The van der Waals surface area contributed by atoms with Crippen LogP contribution in [-0.4, -0.2) is 23.1 Å². The van der Waals surface area contributed by atoms with Crippen LogP contribution in [0.25, 0.3) is 5.69 Å². The molecule has 9 nitrogen and oxygen atoms in total. The number of benzene rings is 2. The third-order valence-corrected chi connectivity index (χ3v) is 5.04. The second kappa shape index (κ2) is 6.89. The summed E-state index contributed by atoms with van der Waals surface area (Å²) in [7, 11) is -3.91. The van der Waals surface area contributed by atoms with Crippen molar-refractivity contribution in [3.63, 3.8) is 0 Å². The highest BCUT2D eigenvalue weighted by Gasteiger charge is 2.18. The number of nitriles is 1. The molecule has 0 saturated heterocycles. The van der Waals surface area contributed by atoms with E-state index in [2.05, 4.69) is 9.82 Å². The molecule has 0 spiro atoms. The number of sulfonamides is 1. The Morgan fingerprint density at radius 3 is 2.33 bits per heavy atom. The zero-order valence-electron chi connectivity index (χ0n) is 14.0. The minimum atomic E-state index is -3.91. The predicted molar refractivity (Wildman–Crippen MR) is 96.9 cm³/mol. The summed E-state index contributed by atoms with van der Waals surface area (Å²) in [6.07, 6.45) is 0. The van der Waals surface area contributed by atoms with Gasteiger partial charge in [0.1, 0.15) is 5.82 Å². The number of aryl methyl sites for hydroxylation is 1. The van der Waals surface area contributed by atoms with Gasteiger partial charge in [0.05, 0.1) is 32.8 Å². The van der Waals surface area contributed by atoms with Crippen LogP contribution < -0.4 is 4.72 Å². The lowest BCUT2D eigenvalue weighted by Gasteiger charge is -2.10. The molecule has 136 valence electrons. The monoisotopic (exact) mass is 383 g/mol. The van der Waals surface area contributed by atoms with Crippen molar-refractivity contribution in [1.82, 2.24) is 9.78 Å². The van der Waals surface area contributed by atoms with Crippen molar-refractivity contribution in [3.05, 3.63) is 76.0 Å². The Morgan fingerprint density at radius 2 is 1.78 bits per heavy atom. The van der Waals surface area contributed by atoms with Gasteiger partial charge in [-0.05, 0) is 43.3 Å². The molecule has 0 aliphatic carbocycles. The van der Waals surface area contributed by atoms with Crippen LogP contribution >= 0.6 is 0 Å². The normalized spacial score (nSPS) is 11.0. The van der Waals surface area contributed by atoms with Crippen molar-refractivity contribution in [2.75, 3.05) is 4.72 Å². The van der Waals surface area contributed by atoms with E-state index in [9.17, 15) is 18.5 Å². The lowest BCUT2D eigenvalue weighted by Crippen LogP contribution is -2.16. The third-order valence-electron chi connectivity index (χ3n) is 3.67. The summed E-state index contributed by atoms with van der Waals surface area (Å²) in [5.41, 5.74) is 1.29. The van der Waals surface area contributed by atoms with Gasteiger partial charge in [0.25, 0.3) is 15.7 Å². The SMILES string of the molecule is Cc1cc(NS(=O)(=O)c2ccc(C#N)cc2)n(-c2ccc([N+](=O)[O-])cc2)n1. The summed E-state index contributed by atoms with van der Waals surface area (Å²) >= 11 is 0. The van der Waals surface area contributed by atoms with E-state index in [1.165, 1.54) is 53.2 Å². The fraction of sp³-hybridized carbons (Fsp3) is 0.0588. The van der Waals surface area contributed by atoms with Crippen molar-refractivity contribution in [2.24, 2.45) is 0 Å². The van der Waals surface area contributed by atoms with E-state index in [-0.39, 0.29) is 16.4 Å². The zero-order chi connectivity index (χ0) is 19.6. The number of nitro benzene ring substituents is 1. The smallest absolute Gasteiger partial charge is 0.263 e. The van der Waals surface area contributed by atoms with Gasteiger partial charge in [0.2, 0.25) is 0 Å². The lowest BCUT2D eigenvalue weighted by atomic mass is 10.2. The van der Waals surface area contributed by atoms with E-state index in [0.717, 1.165) is 0 Å². The first-order valence-electron chi connectivity index (χ1n) is 7.64. The molecule has 1 aromatic heterocycles. The van der Waals surface area contributed by atoms with Gasteiger partial charge in [-0.25, -0.2) is 13.1 Å². The summed E-state index contributed by atoms with van der Waals surface area (Å²) in [6.45, 7) is 1.70. The molecule has 1 heterocycles. The maximum atomic E-state index is 12.6. The molecule has 0 radical (unpaired) electrons. The number of non-ortho nitro benzene ring substituents is 1. The average molecular weight is 383 g/mol. The van der Waals surface area contributed by atoms with Crippen LogP contribution in [0.5, 0.6) is 0 Å². The quantitative estimate of drug-likeness (QED) is 0.532. The number of rotatable bonds is 5. The van der Waals surface area contributed by atoms with Crippen molar-refractivity contribution >= 4 is 21.5 Å². The molecular weight excluding hydrogens is 370 g/mol. The molecule has 0 unspecified atom stereocenters. The van der Waals surface area contributed by atoms with E-state index >= 15 is 0 Å². The fourth-order valence-electron chi connectivity index (χ4n) is 2.39. The molecule has 0 bridgehead atoms. The largest absolute Gasteiger partial charge is 0.269 e. The minimum Gasteiger partial charge on any atom is -0.263 e. The Labute approximate surface area is 154 Å². The number of hydrogen-bond acceptors (Lipinski definition) is 6. The first-order chi connectivity index (χ1) is 12.8. The molecule has 0 aliphatic rings. The van der Waals surface area contributed by atoms with E-state index in [1.54, 1.807) is 13.0 Å². The number of hydrogen-bond donors (Lipinski definition) is 1. The molecule has 10 heteroatoms. The highest BCUT2D eigenvalue weighted by atomic mass is 32.2. The first-order valence-corrected chi connectivity index (χ1v) is 9.13. The van der Waals surface area contributed by atoms with Gasteiger partial charge in [0, 0.05) is 18.2 Å². The van der Waals surface area contributed by atoms with Crippen molar-refractivity contribution in [1.29, 1.82) is 5.26 Å². The number of anilines is 1. The highest BCUT2D eigenvalue weighted by Crippen LogP contribution is 2.22. The molecule has 0 aliphatic heterocycles. The van der Waals surface area contributed by atoms with Crippen LogP contribution in [-0.2, 0) is 10.0 Å². The predicted octanol–water partition coefficient (Wildman–Crippen LogP) is 2.76. The summed E-state index contributed by atoms with van der Waals surface area (Å²) < 4.78 is 29.0. The third kappa shape index (κ3) is 3.78. The van der Waals surface area contributed by atoms with Crippen molar-refractivity contribution in [2.45, 2.75) is 11.8 Å². The lowest BCUT2D eigenvalue weighted by molar-refractivity contribution is -0.384. The van der Waals surface area contributed by atoms with Gasteiger partial charge >= 0.3 is 0 Å². The van der Waals surface area contributed by atoms with Gasteiger partial charge in [-0.2, -0.15) is 10.4 Å². The number of aromatic nitrogens is 2. The van der Waals surface area contributed by atoms with E-state index < -0.39 is 14.9 Å². The molecule has 0 atom stereocenters. The standard InChI is InChI=1S/C17H13N5O4S/c1-12-10-17(20-27(25,26)16-8-2-13(11-18)3-9-16)21(19-12)14-4-6-15(7-5-14)22(23)24/h2-10,20H,1H3. The van der Waals surface area contributed by atoms with E-state index in [1.807, 2.05) is 6.07 Å². The molecule has 0 saturated carbocycles. The van der Waals surface area contributed by atoms with Crippen LogP contribution in [0, 0.1) is 28.4 Å². The summed E-state index contributed by atoms with van der Waals surface area (Å²) in [5, 5.41) is 23.8. The van der Waals surface area contributed by atoms with Gasteiger partial charge in [0.15, 0.2) is 0 Å². The van der Waals surface area contributed by atoms with E-state index in [4.69, 9.17) is 5.26 Å². The Bertz CT molecular complexity index is 1140. The Kier molecular flexibility index (Phi) is 4.62. The maximum Gasteiger partial charge on any atom is 0.269 e. The highest BCUT2D eigenvalue weighted by molar-refractivity contribution is 7.92. The van der Waals surface area contributed by atoms with Gasteiger partial charge < -0.3 is 0 Å². The van der Waals surface area contributed by atoms with Crippen LogP contribution in [0.2, 0.25) is 0 Å². The van der Waals surface area contributed by atoms with Crippen molar-refractivity contribution < 1.29 is 13.3 Å². The fourth-order valence-corrected chi connectivity index (χ4v) is 3.42. The number of nitrogens with zero attached hydrogens (tertiary/aromatic N) is 4. The van der Waals surface area contributed by atoms with Crippen LogP contribution in [0.15, 0.2) is 59.5 Å². The zero-order valence-corrected chi connectivity index (χ0v) is 14.8. The Balaban J connectivity index is 1.95. The van der Waals surface area contributed by atoms with Gasteiger partial charge in [-0.3, -0.25) is 14.8 Å². The summed E-state index contributed by atoms with van der Waals surface area (Å²) in [4.78, 5) is 10.3. The maximum absolute atomic E-state index is 12.6. The van der Waals surface area contributed by atoms with Gasteiger partial charge in [-0.1, -0.05) is 0 Å². The minimum absolute atomic E-state index is 0.00407. The molecule has 27 heavy (non-hydrogen) atoms. The molecule has 3 rings (SSSR count). The van der Waals surface area contributed by atoms with Crippen LogP contribution in [0.4, 0.5) is 11.5 Å². The van der Waals surface area contributed by atoms with Crippen molar-refractivity contribution in [3.8, 4) is 11.8 Å². The second-order valence-electron chi connectivity index (χ2n) is 5.60. The summed E-state index contributed by atoms with van der Waals surface area (Å²) in [6, 6.07) is 14.5. The van der Waals surface area contributed by atoms with Crippen LogP contribution in [0.3, 0.4) is 0 Å². The number of nitrogens with one attached hydrogen (secondary N) is 1. The molecule has 0 amide bonds. The van der Waals surface area contributed by atoms with Gasteiger partial charge in [-0.15, -0.1) is 0 Å². The number of nitro groups is 1. The molecule has 0 fully saturated rings. The average Bonchev–Trinajstić information content (AvgIpc) is 3.01. The topological polar surface area (TPSA) is 131 Å². The Hall–Kier alpha value is -3.71. The second-order valence-corrected chi connectivity index (χ2v) is 7.28.